The maximum Gasteiger partial charge on any atom is 0.287 e. The van der Waals surface area contributed by atoms with Crippen molar-refractivity contribution in [3.63, 3.8) is 0 Å². The van der Waals surface area contributed by atoms with E-state index in [1.54, 1.807) is 6.07 Å². The summed E-state index contributed by atoms with van der Waals surface area (Å²) in [5, 5.41) is 9.73. The van der Waals surface area contributed by atoms with Gasteiger partial charge in [0.25, 0.3) is 5.91 Å². The fourth-order valence-corrected chi connectivity index (χ4v) is 3.08. The van der Waals surface area contributed by atoms with E-state index in [4.69, 9.17) is 4.42 Å². The molecule has 1 aromatic heterocycles. The van der Waals surface area contributed by atoms with Crippen molar-refractivity contribution in [1.82, 2.24) is 16.0 Å². The number of furan rings is 1. The number of carbonyl (C=O) groups excluding carboxylic acids is 1. The highest BCUT2D eigenvalue weighted by Crippen LogP contribution is 2.23. The third-order valence-electron chi connectivity index (χ3n) is 4.66. The van der Waals surface area contributed by atoms with Gasteiger partial charge in [0.1, 0.15) is 0 Å². The van der Waals surface area contributed by atoms with Gasteiger partial charge in [-0.05, 0) is 57.9 Å². The van der Waals surface area contributed by atoms with Gasteiger partial charge in [-0.1, -0.05) is 6.92 Å². The molecule has 148 valence electrons. The normalized spacial score (nSPS) is 20.2. The molecule has 0 aliphatic heterocycles. The monoisotopic (exact) mass is 476 g/mol. The largest absolute Gasteiger partial charge is 0.459 e. The van der Waals surface area contributed by atoms with E-state index in [0.29, 0.717) is 24.9 Å². The van der Waals surface area contributed by atoms with Crippen LogP contribution in [0.1, 0.15) is 62.1 Å². The number of hydrogen-bond acceptors (Lipinski definition) is 3. The first-order valence-corrected chi connectivity index (χ1v) is 9.47. The summed E-state index contributed by atoms with van der Waals surface area (Å²) in [6, 6.07) is 2.31. The standard InChI is InChI=1S/C19H32N4O2.HI/c1-4-20-19(23-16-8-6-14(2)7-9-16)22-12-5-11-21-18(24)17-15(3)10-13-25-17;/h10,13-14,16H,4-9,11-12H2,1-3H3,(H,21,24)(H2,20,22,23);1H. The number of rotatable bonds is 7. The molecule has 1 fully saturated rings. The Hall–Kier alpha value is -1.25. The van der Waals surface area contributed by atoms with Crippen LogP contribution in [0.25, 0.3) is 0 Å². The SMILES string of the molecule is CCNC(=NCCCNC(=O)c1occc1C)NC1CCC(C)CC1.I. The number of nitrogens with zero attached hydrogens (tertiary/aromatic N) is 1. The minimum Gasteiger partial charge on any atom is -0.459 e. The highest BCUT2D eigenvalue weighted by atomic mass is 127. The van der Waals surface area contributed by atoms with Crippen molar-refractivity contribution >= 4 is 35.8 Å². The van der Waals surface area contributed by atoms with Gasteiger partial charge < -0.3 is 20.4 Å². The molecule has 6 nitrogen and oxygen atoms in total. The Morgan fingerprint density at radius 2 is 2.00 bits per heavy atom. The van der Waals surface area contributed by atoms with Gasteiger partial charge in [0.2, 0.25) is 0 Å². The molecule has 0 radical (unpaired) electrons. The number of guanidine groups is 1. The molecular formula is C19H33IN4O2. The van der Waals surface area contributed by atoms with Crippen molar-refractivity contribution in [2.24, 2.45) is 10.9 Å². The van der Waals surface area contributed by atoms with Crippen molar-refractivity contribution in [2.45, 2.75) is 58.9 Å². The summed E-state index contributed by atoms with van der Waals surface area (Å²) in [6.07, 6.45) is 7.33. The van der Waals surface area contributed by atoms with Crippen LogP contribution < -0.4 is 16.0 Å². The van der Waals surface area contributed by atoms with Crippen LogP contribution in [-0.2, 0) is 0 Å². The topological polar surface area (TPSA) is 78.7 Å². The van der Waals surface area contributed by atoms with Gasteiger partial charge in [0, 0.05) is 31.2 Å². The second kappa shape index (κ2) is 12.2. The van der Waals surface area contributed by atoms with E-state index in [0.717, 1.165) is 30.4 Å². The molecule has 0 saturated heterocycles. The van der Waals surface area contributed by atoms with Crippen molar-refractivity contribution in [3.05, 3.63) is 23.7 Å². The van der Waals surface area contributed by atoms with Crippen LogP contribution >= 0.6 is 24.0 Å². The van der Waals surface area contributed by atoms with E-state index in [1.807, 2.05) is 6.92 Å². The maximum atomic E-state index is 11.9. The molecule has 1 amide bonds. The first-order chi connectivity index (χ1) is 12.1. The highest BCUT2D eigenvalue weighted by molar-refractivity contribution is 14.0. The average molecular weight is 476 g/mol. The van der Waals surface area contributed by atoms with Crippen molar-refractivity contribution in [1.29, 1.82) is 0 Å². The van der Waals surface area contributed by atoms with Crippen LogP contribution in [0.2, 0.25) is 0 Å². The second-order valence-electron chi connectivity index (χ2n) is 6.90. The number of hydrogen-bond donors (Lipinski definition) is 3. The Labute approximate surface area is 174 Å². The Morgan fingerprint density at radius 3 is 2.62 bits per heavy atom. The fourth-order valence-electron chi connectivity index (χ4n) is 3.08. The fraction of sp³-hybridized carbons (Fsp3) is 0.684. The molecule has 2 rings (SSSR count). The summed E-state index contributed by atoms with van der Waals surface area (Å²) in [6.45, 7) is 8.38. The minimum absolute atomic E-state index is 0. The van der Waals surface area contributed by atoms with E-state index in [9.17, 15) is 4.79 Å². The molecule has 1 aromatic rings. The van der Waals surface area contributed by atoms with Crippen LogP contribution in [0.15, 0.2) is 21.7 Å². The number of nitrogens with one attached hydrogen (secondary N) is 3. The first kappa shape index (κ1) is 22.8. The predicted molar refractivity (Wildman–Crippen MR) is 116 cm³/mol. The first-order valence-electron chi connectivity index (χ1n) is 9.47. The summed E-state index contributed by atoms with van der Waals surface area (Å²) in [4.78, 5) is 16.6. The Morgan fingerprint density at radius 1 is 1.27 bits per heavy atom. The maximum absolute atomic E-state index is 11.9. The number of halogens is 1. The summed E-state index contributed by atoms with van der Waals surface area (Å²) in [7, 11) is 0. The summed E-state index contributed by atoms with van der Waals surface area (Å²) >= 11 is 0. The average Bonchev–Trinajstić information content (AvgIpc) is 3.02. The predicted octanol–water partition coefficient (Wildman–Crippen LogP) is 3.46. The van der Waals surface area contributed by atoms with E-state index in [-0.39, 0.29) is 29.9 Å². The van der Waals surface area contributed by atoms with Gasteiger partial charge in [-0.25, -0.2) is 0 Å². The van der Waals surface area contributed by atoms with Crippen LogP contribution in [0.5, 0.6) is 0 Å². The lowest BCUT2D eigenvalue weighted by atomic mass is 9.87. The van der Waals surface area contributed by atoms with Crippen LogP contribution in [-0.4, -0.2) is 37.5 Å². The minimum atomic E-state index is -0.159. The second-order valence-corrected chi connectivity index (χ2v) is 6.90. The van der Waals surface area contributed by atoms with E-state index >= 15 is 0 Å². The lowest BCUT2D eigenvalue weighted by molar-refractivity contribution is 0.0925. The molecule has 0 spiro atoms. The van der Waals surface area contributed by atoms with Crippen LogP contribution in [0.3, 0.4) is 0 Å². The smallest absolute Gasteiger partial charge is 0.287 e. The summed E-state index contributed by atoms with van der Waals surface area (Å²) in [5.74, 6) is 1.96. The molecule has 7 heteroatoms. The molecule has 1 saturated carbocycles. The summed E-state index contributed by atoms with van der Waals surface area (Å²) in [5.41, 5.74) is 0.857. The van der Waals surface area contributed by atoms with Crippen molar-refractivity contribution in [3.8, 4) is 0 Å². The quantitative estimate of drug-likeness (QED) is 0.244. The highest BCUT2D eigenvalue weighted by Gasteiger charge is 2.18. The van der Waals surface area contributed by atoms with Gasteiger partial charge in [-0.3, -0.25) is 9.79 Å². The molecule has 1 aliphatic carbocycles. The van der Waals surface area contributed by atoms with Gasteiger partial charge in [0.15, 0.2) is 11.7 Å². The third-order valence-corrected chi connectivity index (χ3v) is 4.66. The molecule has 0 unspecified atom stereocenters. The van der Waals surface area contributed by atoms with Gasteiger partial charge >= 0.3 is 0 Å². The zero-order valence-corrected chi connectivity index (χ0v) is 18.5. The molecule has 0 aromatic carbocycles. The zero-order valence-electron chi connectivity index (χ0n) is 16.1. The lowest BCUT2D eigenvalue weighted by Gasteiger charge is -2.28. The van der Waals surface area contributed by atoms with E-state index < -0.39 is 0 Å². The van der Waals surface area contributed by atoms with Crippen molar-refractivity contribution < 1.29 is 9.21 Å². The van der Waals surface area contributed by atoms with Crippen LogP contribution in [0.4, 0.5) is 0 Å². The Balaban J connectivity index is 0.00000338. The molecule has 3 N–H and O–H groups in total. The summed E-state index contributed by atoms with van der Waals surface area (Å²) < 4.78 is 5.19. The van der Waals surface area contributed by atoms with E-state index in [2.05, 4.69) is 34.8 Å². The zero-order chi connectivity index (χ0) is 18.1. The number of carbonyl (C=O) groups is 1. The number of aliphatic imine (C=N–C) groups is 1. The van der Waals surface area contributed by atoms with Gasteiger partial charge in [0.05, 0.1) is 6.26 Å². The lowest BCUT2D eigenvalue weighted by Crippen LogP contribution is -2.44. The number of aryl methyl sites for hydroxylation is 1. The van der Waals surface area contributed by atoms with Crippen LogP contribution in [0, 0.1) is 12.8 Å². The molecular weight excluding hydrogens is 443 g/mol. The van der Waals surface area contributed by atoms with Gasteiger partial charge in [-0.2, -0.15) is 0 Å². The molecule has 1 aliphatic rings. The van der Waals surface area contributed by atoms with Crippen molar-refractivity contribution in [2.75, 3.05) is 19.6 Å². The Kier molecular flexibility index (Phi) is 10.7. The molecule has 0 atom stereocenters. The number of amides is 1. The van der Waals surface area contributed by atoms with E-state index in [1.165, 1.54) is 31.9 Å². The van der Waals surface area contributed by atoms with Gasteiger partial charge in [-0.15, -0.1) is 24.0 Å². The molecule has 0 bridgehead atoms. The Bertz CT molecular complexity index is 566. The molecule has 26 heavy (non-hydrogen) atoms. The third kappa shape index (κ3) is 7.55. The molecule has 1 heterocycles.